The number of hydrogen-bond acceptors (Lipinski definition) is 4. The predicted octanol–water partition coefficient (Wildman–Crippen LogP) is 5.64. The fraction of sp³-hybridized carbons (Fsp3) is 0.143. The summed E-state index contributed by atoms with van der Waals surface area (Å²) in [6, 6.07) is 14.3. The van der Waals surface area contributed by atoms with Crippen LogP contribution in [-0.4, -0.2) is 18.9 Å². The van der Waals surface area contributed by atoms with Crippen molar-refractivity contribution in [2.75, 3.05) is 17.7 Å². The highest BCUT2D eigenvalue weighted by atomic mass is 79.9. The lowest BCUT2D eigenvalue weighted by atomic mass is 10.1. The molecule has 0 bridgehead atoms. The van der Waals surface area contributed by atoms with Gasteiger partial charge in [0.05, 0.1) is 18.2 Å². The lowest BCUT2D eigenvalue weighted by Crippen LogP contribution is -2.17. The molecule has 1 heterocycles. The molecule has 0 saturated carbocycles. The molecule has 1 aromatic heterocycles. The van der Waals surface area contributed by atoms with Gasteiger partial charge in [0, 0.05) is 21.1 Å². The Kier molecular flexibility index (Phi) is 6.16. The van der Waals surface area contributed by atoms with Gasteiger partial charge in [-0.3, -0.25) is 9.59 Å². The maximum absolute atomic E-state index is 12.9. The second kappa shape index (κ2) is 8.58. The Morgan fingerprint density at radius 1 is 1.00 bits per heavy atom. The van der Waals surface area contributed by atoms with Crippen LogP contribution in [0, 0.1) is 13.8 Å². The predicted molar refractivity (Wildman–Crippen MR) is 117 cm³/mol. The van der Waals surface area contributed by atoms with Crippen molar-refractivity contribution in [2.45, 2.75) is 13.8 Å². The van der Waals surface area contributed by atoms with Gasteiger partial charge in [-0.2, -0.15) is 0 Å². The van der Waals surface area contributed by atoms with E-state index in [1.807, 2.05) is 19.9 Å². The third kappa shape index (κ3) is 4.26. The summed E-state index contributed by atoms with van der Waals surface area (Å²) in [5.74, 6) is 0.0974. The normalized spacial score (nSPS) is 10.4. The molecule has 7 heteroatoms. The minimum absolute atomic E-state index is 0.274. The van der Waals surface area contributed by atoms with Gasteiger partial charge in [0.25, 0.3) is 11.8 Å². The Bertz CT molecular complexity index is 1050. The molecule has 2 N–H and O–H groups in total. The van der Waals surface area contributed by atoms with Gasteiger partial charge in [0.15, 0.2) is 0 Å². The zero-order valence-corrected chi connectivity index (χ0v) is 18.0. The van der Waals surface area contributed by atoms with Gasteiger partial charge in [-0.25, -0.2) is 0 Å². The van der Waals surface area contributed by atoms with Crippen LogP contribution in [-0.2, 0) is 0 Å². The van der Waals surface area contributed by atoms with Gasteiger partial charge < -0.3 is 15.4 Å². The first-order valence-corrected chi connectivity index (χ1v) is 10.1. The van der Waals surface area contributed by atoms with Crippen LogP contribution in [0.1, 0.15) is 31.2 Å². The molecule has 144 valence electrons. The van der Waals surface area contributed by atoms with Crippen LogP contribution in [0.2, 0.25) is 0 Å². The van der Waals surface area contributed by atoms with Crippen molar-refractivity contribution in [1.29, 1.82) is 0 Å². The van der Waals surface area contributed by atoms with Crippen LogP contribution in [0.5, 0.6) is 5.75 Å². The second-order valence-corrected chi connectivity index (χ2v) is 8.19. The number of ether oxygens (including phenoxy) is 1. The molecule has 3 rings (SSSR count). The molecular weight excluding hydrogens is 440 g/mol. The quantitative estimate of drug-likeness (QED) is 0.519. The molecule has 28 heavy (non-hydrogen) atoms. The Morgan fingerprint density at radius 2 is 1.75 bits per heavy atom. The second-order valence-electron chi connectivity index (χ2n) is 6.11. The monoisotopic (exact) mass is 458 g/mol. The number of benzene rings is 2. The van der Waals surface area contributed by atoms with E-state index in [-0.39, 0.29) is 11.8 Å². The van der Waals surface area contributed by atoms with Crippen LogP contribution in [0.15, 0.2) is 53.0 Å². The first-order chi connectivity index (χ1) is 13.4. The van der Waals surface area contributed by atoms with Crippen LogP contribution in [0.3, 0.4) is 0 Å². The number of anilines is 2. The topological polar surface area (TPSA) is 67.4 Å². The summed E-state index contributed by atoms with van der Waals surface area (Å²) in [4.78, 5) is 26.6. The number of hydrogen-bond donors (Lipinski definition) is 2. The number of rotatable bonds is 5. The van der Waals surface area contributed by atoms with E-state index in [0.29, 0.717) is 32.0 Å². The minimum atomic E-state index is -0.280. The molecule has 0 spiro atoms. The summed E-state index contributed by atoms with van der Waals surface area (Å²) < 4.78 is 5.89. The first-order valence-electron chi connectivity index (χ1n) is 8.52. The number of halogens is 1. The summed E-state index contributed by atoms with van der Waals surface area (Å²) >= 11 is 4.77. The van der Waals surface area contributed by atoms with Crippen LogP contribution >= 0.6 is 27.3 Å². The average Bonchev–Trinajstić information content (AvgIpc) is 2.95. The van der Waals surface area contributed by atoms with E-state index >= 15 is 0 Å². The van der Waals surface area contributed by atoms with Crippen molar-refractivity contribution in [3.05, 3.63) is 74.6 Å². The number of nitrogens with one attached hydrogen (secondary N) is 2. The van der Waals surface area contributed by atoms with Gasteiger partial charge in [0.2, 0.25) is 0 Å². The summed E-state index contributed by atoms with van der Waals surface area (Å²) in [6.45, 7) is 3.80. The third-order valence-electron chi connectivity index (χ3n) is 4.29. The Hall–Kier alpha value is -2.64. The molecule has 3 aromatic rings. The van der Waals surface area contributed by atoms with Gasteiger partial charge in [-0.15, -0.1) is 11.3 Å². The SMILES string of the molecule is COc1cccc(NC(=O)c2c(NC(=O)c3ccccc3Br)sc(C)c2C)c1. The van der Waals surface area contributed by atoms with E-state index in [2.05, 4.69) is 26.6 Å². The molecule has 5 nitrogen and oxygen atoms in total. The van der Waals surface area contributed by atoms with E-state index in [1.165, 1.54) is 11.3 Å². The largest absolute Gasteiger partial charge is 0.497 e. The van der Waals surface area contributed by atoms with Gasteiger partial charge in [-0.1, -0.05) is 18.2 Å². The zero-order chi connectivity index (χ0) is 20.3. The molecule has 2 amide bonds. The van der Waals surface area contributed by atoms with Crippen LogP contribution in [0.4, 0.5) is 10.7 Å². The molecule has 0 aliphatic rings. The van der Waals surface area contributed by atoms with Crippen molar-refractivity contribution in [3.8, 4) is 5.75 Å². The average molecular weight is 459 g/mol. The fourth-order valence-electron chi connectivity index (χ4n) is 2.70. The fourth-order valence-corrected chi connectivity index (χ4v) is 4.22. The number of thiophene rings is 1. The lowest BCUT2D eigenvalue weighted by Gasteiger charge is -2.10. The summed E-state index contributed by atoms with van der Waals surface area (Å²) in [6.07, 6.45) is 0. The highest BCUT2D eigenvalue weighted by Crippen LogP contribution is 2.34. The smallest absolute Gasteiger partial charge is 0.258 e. The molecule has 0 radical (unpaired) electrons. The number of carbonyl (C=O) groups is 2. The molecular formula is C21H19BrN2O3S. The highest BCUT2D eigenvalue weighted by Gasteiger charge is 2.22. The molecule has 2 aromatic carbocycles. The number of methoxy groups -OCH3 is 1. The molecule has 0 atom stereocenters. The maximum atomic E-state index is 12.9. The van der Waals surface area contributed by atoms with Crippen LogP contribution in [0.25, 0.3) is 0 Å². The molecule has 0 unspecified atom stereocenters. The number of carbonyl (C=O) groups excluding carboxylic acids is 2. The van der Waals surface area contributed by atoms with Crippen LogP contribution < -0.4 is 15.4 Å². The van der Waals surface area contributed by atoms with Gasteiger partial charge >= 0.3 is 0 Å². The van der Waals surface area contributed by atoms with Crippen molar-refractivity contribution in [3.63, 3.8) is 0 Å². The van der Waals surface area contributed by atoms with Crippen molar-refractivity contribution in [1.82, 2.24) is 0 Å². The van der Waals surface area contributed by atoms with E-state index < -0.39 is 0 Å². The zero-order valence-electron chi connectivity index (χ0n) is 15.6. The maximum Gasteiger partial charge on any atom is 0.258 e. The summed E-state index contributed by atoms with van der Waals surface area (Å²) in [5, 5.41) is 6.29. The summed E-state index contributed by atoms with van der Waals surface area (Å²) in [7, 11) is 1.57. The standard InChI is InChI=1S/C21H19BrN2O3S/c1-12-13(2)28-21(24-19(25)16-9-4-5-10-17(16)22)18(12)20(26)23-14-7-6-8-15(11-14)27-3/h4-11H,1-3H3,(H,23,26)(H,24,25). The Balaban J connectivity index is 1.88. The van der Waals surface area contributed by atoms with Crippen molar-refractivity contribution < 1.29 is 14.3 Å². The van der Waals surface area contributed by atoms with Crippen molar-refractivity contribution >= 4 is 49.8 Å². The lowest BCUT2D eigenvalue weighted by molar-refractivity contribution is 0.102. The minimum Gasteiger partial charge on any atom is -0.497 e. The Morgan fingerprint density at radius 3 is 2.46 bits per heavy atom. The first kappa shape index (κ1) is 20.1. The number of amides is 2. The molecule has 0 aliphatic heterocycles. The molecule has 0 aliphatic carbocycles. The highest BCUT2D eigenvalue weighted by molar-refractivity contribution is 9.10. The number of aryl methyl sites for hydroxylation is 1. The molecule has 0 fully saturated rings. The Labute approximate surface area is 175 Å². The van der Waals surface area contributed by atoms with Crippen molar-refractivity contribution in [2.24, 2.45) is 0 Å². The van der Waals surface area contributed by atoms with E-state index in [0.717, 1.165) is 10.4 Å². The van der Waals surface area contributed by atoms with E-state index in [1.54, 1.807) is 49.6 Å². The van der Waals surface area contributed by atoms with E-state index in [4.69, 9.17) is 4.74 Å². The molecule has 0 saturated heterocycles. The summed E-state index contributed by atoms with van der Waals surface area (Å²) in [5.41, 5.74) is 2.43. The van der Waals surface area contributed by atoms with E-state index in [9.17, 15) is 9.59 Å². The van der Waals surface area contributed by atoms with Gasteiger partial charge in [0.1, 0.15) is 10.8 Å². The third-order valence-corrected chi connectivity index (χ3v) is 6.10. The van der Waals surface area contributed by atoms with Gasteiger partial charge in [-0.05, 0) is 59.6 Å².